The molecule has 1 aromatic heterocycles. The fourth-order valence-corrected chi connectivity index (χ4v) is 3.96. The second-order valence-corrected chi connectivity index (χ2v) is 9.63. The second kappa shape index (κ2) is 9.69. The van der Waals surface area contributed by atoms with Crippen molar-refractivity contribution in [1.29, 1.82) is 0 Å². The summed E-state index contributed by atoms with van der Waals surface area (Å²) in [7, 11) is -3.30. The highest BCUT2D eigenvalue weighted by atomic mass is 32.2. The molecule has 3 aromatic rings. The summed E-state index contributed by atoms with van der Waals surface area (Å²) in [4.78, 5) is 16.5. The molecule has 0 saturated heterocycles. The first-order chi connectivity index (χ1) is 14.3. The molecule has 156 valence electrons. The van der Waals surface area contributed by atoms with Crippen LogP contribution in [-0.4, -0.2) is 32.1 Å². The number of hydrogen-bond donors (Lipinski definition) is 2. The molecule has 0 saturated carbocycles. The van der Waals surface area contributed by atoms with Gasteiger partial charge in [-0.05, 0) is 42.7 Å². The Morgan fingerprint density at radius 1 is 1.10 bits per heavy atom. The van der Waals surface area contributed by atoms with E-state index in [2.05, 4.69) is 27.2 Å². The van der Waals surface area contributed by atoms with Gasteiger partial charge < -0.3 is 5.32 Å². The molecule has 0 spiro atoms. The fourth-order valence-electron chi connectivity index (χ4n) is 2.78. The zero-order valence-corrected chi connectivity index (χ0v) is 18.4. The van der Waals surface area contributed by atoms with Crippen molar-refractivity contribution < 1.29 is 13.2 Å². The molecule has 3 rings (SSSR count). The standard InChI is InChI=1S/C22H23N3O3S2/c1-16-24-21(15-29-16)19-8-3-18(4-9-19)13-14-23-22(26)12-7-17-5-10-20(11-6-17)25-30(2,27)28/h3-12,15,25H,13-14H2,1-2H3,(H,23,26)/b12-7+. The third-order valence-corrected chi connectivity index (χ3v) is 5.60. The van der Waals surface area contributed by atoms with Gasteiger partial charge in [0, 0.05) is 29.3 Å². The molecule has 0 bridgehead atoms. The van der Waals surface area contributed by atoms with Crippen LogP contribution in [0.25, 0.3) is 17.3 Å². The van der Waals surface area contributed by atoms with Crippen molar-refractivity contribution in [2.45, 2.75) is 13.3 Å². The lowest BCUT2D eigenvalue weighted by Gasteiger charge is -2.05. The molecule has 0 unspecified atom stereocenters. The van der Waals surface area contributed by atoms with Crippen LogP contribution in [0.15, 0.2) is 60.0 Å². The molecular formula is C22H23N3O3S2. The Balaban J connectivity index is 1.45. The van der Waals surface area contributed by atoms with Crippen LogP contribution in [0.2, 0.25) is 0 Å². The van der Waals surface area contributed by atoms with Crippen molar-refractivity contribution in [3.05, 3.63) is 76.1 Å². The first-order valence-corrected chi connectivity index (χ1v) is 12.1. The van der Waals surface area contributed by atoms with Gasteiger partial charge in [-0.15, -0.1) is 11.3 Å². The number of hydrogen-bond acceptors (Lipinski definition) is 5. The number of carbonyl (C=O) groups is 1. The largest absolute Gasteiger partial charge is 0.352 e. The van der Waals surface area contributed by atoms with Gasteiger partial charge in [0.2, 0.25) is 15.9 Å². The van der Waals surface area contributed by atoms with Gasteiger partial charge in [0.1, 0.15) is 0 Å². The smallest absolute Gasteiger partial charge is 0.244 e. The number of amides is 1. The molecular weight excluding hydrogens is 418 g/mol. The van der Waals surface area contributed by atoms with Crippen molar-refractivity contribution in [2.24, 2.45) is 0 Å². The normalized spacial score (nSPS) is 11.5. The molecule has 0 aliphatic carbocycles. The molecule has 0 aliphatic heterocycles. The maximum atomic E-state index is 12.0. The molecule has 30 heavy (non-hydrogen) atoms. The number of anilines is 1. The van der Waals surface area contributed by atoms with E-state index in [1.54, 1.807) is 41.7 Å². The van der Waals surface area contributed by atoms with Gasteiger partial charge >= 0.3 is 0 Å². The number of nitrogens with one attached hydrogen (secondary N) is 2. The predicted octanol–water partition coefficient (Wildman–Crippen LogP) is 3.86. The number of rotatable bonds is 8. The van der Waals surface area contributed by atoms with Crippen LogP contribution >= 0.6 is 11.3 Å². The van der Waals surface area contributed by atoms with Gasteiger partial charge in [0.05, 0.1) is 17.0 Å². The van der Waals surface area contributed by atoms with E-state index in [0.29, 0.717) is 12.2 Å². The summed E-state index contributed by atoms with van der Waals surface area (Å²) < 4.78 is 24.8. The Morgan fingerprint density at radius 3 is 2.40 bits per heavy atom. The van der Waals surface area contributed by atoms with Crippen molar-refractivity contribution in [1.82, 2.24) is 10.3 Å². The summed E-state index contributed by atoms with van der Waals surface area (Å²) in [6.07, 6.45) is 4.99. The van der Waals surface area contributed by atoms with E-state index < -0.39 is 10.0 Å². The monoisotopic (exact) mass is 441 g/mol. The lowest BCUT2D eigenvalue weighted by atomic mass is 10.1. The summed E-state index contributed by atoms with van der Waals surface area (Å²) in [6, 6.07) is 15.0. The maximum absolute atomic E-state index is 12.0. The summed E-state index contributed by atoms with van der Waals surface area (Å²) in [6.45, 7) is 2.53. The Kier molecular flexibility index (Phi) is 7.02. The van der Waals surface area contributed by atoms with Crippen LogP contribution in [0.1, 0.15) is 16.1 Å². The van der Waals surface area contributed by atoms with E-state index >= 15 is 0 Å². The quantitative estimate of drug-likeness (QED) is 0.520. The van der Waals surface area contributed by atoms with Crippen LogP contribution in [0.5, 0.6) is 0 Å². The number of nitrogens with zero attached hydrogens (tertiary/aromatic N) is 1. The summed E-state index contributed by atoms with van der Waals surface area (Å²) in [5, 5.41) is 5.96. The minimum Gasteiger partial charge on any atom is -0.352 e. The third-order valence-electron chi connectivity index (χ3n) is 4.22. The van der Waals surface area contributed by atoms with E-state index in [4.69, 9.17) is 0 Å². The van der Waals surface area contributed by atoms with Crippen molar-refractivity contribution in [3.8, 4) is 11.3 Å². The third kappa shape index (κ3) is 6.82. The van der Waals surface area contributed by atoms with Gasteiger partial charge in [-0.2, -0.15) is 0 Å². The lowest BCUT2D eigenvalue weighted by Crippen LogP contribution is -2.23. The molecule has 0 radical (unpaired) electrons. The number of thiazole rings is 1. The van der Waals surface area contributed by atoms with Crippen molar-refractivity contribution >= 4 is 39.0 Å². The molecule has 1 amide bonds. The minimum atomic E-state index is -3.30. The van der Waals surface area contributed by atoms with Gasteiger partial charge in [-0.25, -0.2) is 13.4 Å². The molecule has 0 aliphatic rings. The Hall–Kier alpha value is -2.97. The van der Waals surface area contributed by atoms with Gasteiger partial charge in [-0.1, -0.05) is 36.4 Å². The summed E-state index contributed by atoms with van der Waals surface area (Å²) in [5.74, 6) is -0.178. The highest BCUT2D eigenvalue weighted by Gasteiger charge is 2.03. The average molecular weight is 442 g/mol. The van der Waals surface area contributed by atoms with Crippen LogP contribution in [-0.2, 0) is 21.2 Å². The number of sulfonamides is 1. The summed E-state index contributed by atoms with van der Waals surface area (Å²) in [5.41, 5.74) is 4.51. The first-order valence-electron chi connectivity index (χ1n) is 9.34. The highest BCUT2D eigenvalue weighted by molar-refractivity contribution is 7.92. The van der Waals surface area contributed by atoms with Crippen LogP contribution in [0, 0.1) is 6.92 Å². The Labute approximate surface area is 180 Å². The molecule has 6 nitrogen and oxygen atoms in total. The number of aryl methyl sites for hydroxylation is 1. The first kappa shape index (κ1) is 21.7. The van der Waals surface area contributed by atoms with Crippen molar-refractivity contribution in [3.63, 3.8) is 0 Å². The predicted molar refractivity (Wildman–Crippen MR) is 123 cm³/mol. The van der Waals surface area contributed by atoms with Crippen LogP contribution in [0.4, 0.5) is 5.69 Å². The number of benzene rings is 2. The number of carbonyl (C=O) groups excluding carboxylic acids is 1. The molecule has 2 N–H and O–H groups in total. The van der Waals surface area contributed by atoms with Crippen molar-refractivity contribution in [2.75, 3.05) is 17.5 Å². The zero-order valence-electron chi connectivity index (χ0n) is 16.8. The lowest BCUT2D eigenvalue weighted by molar-refractivity contribution is -0.116. The molecule has 0 fully saturated rings. The highest BCUT2D eigenvalue weighted by Crippen LogP contribution is 2.21. The SMILES string of the molecule is Cc1nc(-c2ccc(CCNC(=O)/C=C/c3ccc(NS(C)(=O)=O)cc3)cc2)cs1. The van der Waals surface area contributed by atoms with Crippen LogP contribution in [0.3, 0.4) is 0 Å². The van der Waals surface area contributed by atoms with Crippen LogP contribution < -0.4 is 10.0 Å². The molecule has 8 heteroatoms. The van der Waals surface area contributed by atoms with E-state index in [1.807, 2.05) is 24.4 Å². The fraction of sp³-hybridized carbons (Fsp3) is 0.182. The van der Waals surface area contributed by atoms with E-state index in [-0.39, 0.29) is 5.91 Å². The Bertz CT molecular complexity index is 1130. The maximum Gasteiger partial charge on any atom is 0.244 e. The van der Waals surface area contributed by atoms with Gasteiger partial charge in [0.25, 0.3) is 0 Å². The number of aromatic nitrogens is 1. The summed E-state index contributed by atoms with van der Waals surface area (Å²) >= 11 is 1.63. The molecule has 0 atom stereocenters. The molecule has 2 aromatic carbocycles. The Morgan fingerprint density at radius 2 is 1.80 bits per heavy atom. The van der Waals surface area contributed by atoms with E-state index in [0.717, 1.165) is 40.1 Å². The zero-order chi connectivity index (χ0) is 21.6. The average Bonchev–Trinajstić information content (AvgIpc) is 3.13. The van der Waals surface area contributed by atoms with Gasteiger partial charge in [0.15, 0.2) is 0 Å². The van der Waals surface area contributed by atoms with Gasteiger partial charge in [-0.3, -0.25) is 9.52 Å². The van der Waals surface area contributed by atoms with E-state index in [9.17, 15) is 13.2 Å². The molecule has 1 heterocycles. The topological polar surface area (TPSA) is 88.2 Å². The second-order valence-electron chi connectivity index (χ2n) is 6.82. The minimum absolute atomic E-state index is 0.178. The van der Waals surface area contributed by atoms with E-state index in [1.165, 1.54) is 6.08 Å².